The summed E-state index contributed by atoms with van der Waals surface area (Å²) in [5, 5.41) is 35.9. The molecule has 0 aliphatic carbocycles. The number of carbonyl (C=O) groups is 6. The summed E-state index contributed by atoms with van der Waals surface area (Å²) in [4.78, 5) is 77.8. The number of benzene rings is 2. The first-order valence-electron chi connectivity index (χ1n) is 17.7. The minimum Gasteiger partial charge on any atom is -0.494 e. The van der Waals surface area contributed by atoms with E-state index < -0.39 is 42.7 Å². The first-order chi connectivity index (χ1) is 27.3. The van der Waals surface area contributed by atoms with Crippen molar-refractivity contribution in [1.29, 1.82) is 5.41 Å². The molecular formula is C37H47N11O9. The average molecular weight is 790 g/mol. The molecule has 2 aromatic carbocycles. The molecule has 0 radical (unpaired) electrons. The minimum atomic E-state index is -1.44. The number of rotatable bonds is 23. The van der Waals surface area contributed by atoms with Crippen LogP contribution in [0.1, 0.15) is 53.8 Å². The van der Waals surface area contributed by atoms with Gasteiger partial charge in [-0.1, -0.05) is 6.07 Å². The molecule has 0 unspecified atom stereocenters. The van der Waals surface area contributed by atoms with Crippen LogP contribution in [0.4, 0.5) is 17.2 Å². The summed E-state index contributed by atoms with van der Waals surface area (Å²) in [6, 6.07) is 14.1. The Hall–Kier alpha value is -7.09. The van der Waals surface area contributed by atoms with Crippen LogP contribution in [0.5, 0.6) is 5.75 Å². The molecule has 3 rings (SSSR count). The lowest BCUT2D eigenvalue weighted by Crippen LogP contribution is -2.48. The third-order valence-electron chi connectivity index (χ3n) is 7.30. The lowest BCUT2D eigenvalue weighted by Gasteiger charge is -2.17. The van der Waals surface area contributed by atoms with Crippen molar-refractivity contribution in [1.82, 2.24) is 26.3 Å². The number of aliphatic carboxylic acids is 1. The van der Waals surface area contributed by atoms with E-state index in [1.807, 2.05) is 13.8 Å². The normalized spacial score (nSPS) is 10.8. The zero-order valence-corrected chi connectivity index (χ0v) is 31.5. The lowest BCUT2D eigenvalue weighted by atomic mass is 10.1. The standard InChI is InChI=1S/C37H47N11O9/c1-23(2)47-48-30-12-7-25(21-42-30)35(54)41-15-18-56-17-13-31(49)40-14-4-16-57-28-10-8-26(9-11-28)44-36(55)29(20-33(51)52)46-32(50)22-43-34(53)24-5-3-6-27(19-24)45-37(38)39/h3,5-12,19,21,29H,4,13-18,20,22H2,1-2H3,(H,40,49)(H,41,54)(H,42,48)(H,43,53)(H,44,55)(H,46,50)(H,51,52)(H4,38,39,45)/t29-/m0/s1. The quantitative estimate of drug-likeness (QED) is 0.0280. The Bertz CT molecular complexity index is 1880. The molecule has 0 bridgehead atoms. The van der Waals surface area contributed by atoms with Gasteiger partial charge in [0.05, 0.1) is 38.3 Å². The Morgan fingerprint density at radius 2 is 1.60 bits per heavy atom. The van der Waals surface area contributed by atoms with E-state index in [9.17, 15) is 33.9 Å². The SMILES string of the molecule is CC(C)=NNc1ccc(C(=O)NCCOCCC(=O)NCCCOc2ccc(NC(=O)[C@H](CC(=O)O)NC(=O)CNC(=O)c3cccc(NC(=N)N)c3)cc2)cn1. The highest BCUT2D eigenvalue weighted by molar-refractivity contribution is 6.01. The molecule has 0 spiro atoms. The summed E-state index contributed by atoms with van der Waals surface area (Å²) >= 11 is 0. The van der Waals surface area contributed by atoms with Gasteiger partial charge in [-0.05, 0) is 74.9 Å². The van der Waals surface area contributed by atoms with Crippen LogP contribution in [0.25, 0.3) is 0 Å². The Morgan fingerprint density at radius 1 is 0.842 bits per heavy atom. The maximum absolute atomic E-state index is 12.9. The molecule has 304 valence electrons. The summed E-state index contributed by atoms with van der Waals surface area (Å²) < 4.78 is 11.1. The number of nitrogens with one attached hydrogen (secondary N) is 8. The number of hydrogen-bond acceptors (Lipinski definition) is 12. The number of anilines is 3. The van der Waals surface area contributed by atoms with Crippen molar-refractivity contribution in [3.63, 3.8) is 0 Å². The van der Waals surface area contributed by atoms with E-state index >= 15 is 0 Å². The number of pyridine rings is 1. The molecule has 1 aromatic heterocycles. The van der Waals surface area contributed by atoms with Crippen LogP contribution >= 0.6 is 0 Å². The molecule has 5 amide bonds. The van der Waals surface area contributed by atoms with E-state index in [2.05, 4.69) is 47.4 Å². The molecule has 20 nitrogen and oxygen atoms in total. The summed E-state index contributed by atoms with van der Waals surface area (Å²) in [7, 11) is 0. The molecule has 57 heavy (non-hydrogen) atoms. The molecule has 1 heterocycles. The molecule has 3 aromatic rings. The number of hydrogen-bond donors (Lipinski definition) is 10. The predicted octanol–water partition coefficient (Wildman–Crippen LogP) is 1.24. The van der Waals surface area contributed by atoms with Gasteiger partial charge in [-0.25, -0.2) is 4.98 Å². The van der Waals surface area contributed by atoms with Gasteiger partial charge in [-0.15, -0.1) is 0 Å². The molecule has 1 atom stereocenters. The maximum atomic E-state index is 12.9. The van der Waals surface area contributed by atoms with Crippen molar-refractivity contribution in [2.45, 2.75) is 39.2 Å². The first kappa shape index (κ1) is 44.3. The fraction of sp³-hybridized carbons (Fsp3) is 0.324. The molecule has 0 saturated heterocycles. The van der Waals surface area contributed by atoms with Gasteiger partial charge < -0.3 is 52.2 Å². The predicted molar refractivity (Wildman–Crippen MR) is 211 cm³/mol. The zero-order chi connectivity index (χ0) is 41.6. The summed E-state index contributed by atoms with van der Waals surface area (Å²) in [6.45, 7) is 4.47. The molecule has 0 aliphatic heterocycles. The minimum absolute atomic E-state index is 0.144. The second-order valence-electron chi connectivity index (χ2n) is 12.3. The van der Waals surface area contributed by atoms with Crippen molar-refractivity contribution in [3.05, 3.63) is 78.0 Å². The van der Waals surface area contributed by atoms with Gasteiger partial charge in [0.25, 0.3) is 11.8 Å². The van der Waals surface area contributed by atoms with Crippen LogP contribution in [0, 0.1) is 5.41 Å². The number of amides is 5. The molecule has 0 fully saturated rings. The summed E-state index contributed by atoms with van der Waals surface area (Å²) in [6.07, 6.45) is 1.38. The third kappa shape index (κ3) is 17.7. The van der Waals surface area contributed by atoms with Gasteiger partial charge in [0, 0.05) is 48.4 Å². The Labute approximate surface area is 328 Å². The number of aromatic nitrogens is 1. The largest absolute Gasteiger partial charge is 0.494 e. The van der Waals surface area contributed by atoms with E-state index in [1.54, 1.807) is 36.4 Å². The number of carboxylic acid groups (broad SMARTS) is 1. The fourth-order valence-corrected chi connectivity index (χ4v) is 4.60. The number of carboxylic acids is 1. The number of nitrogens with zero attached hydrogens (tertiary/aromatic N) is 2. The molecule has 0 saturated carbocycles. The lowest BCUT2D eigenvalue weighted by molar-refractivity contribution is -0.139. The van der Waals surface area contributed by atoms with Gasteiger partial charge >= 0.3 is 5.97 Å². The van der Waals surface area contributed by atoms with Gasteiger partial charge in [-0.3, -0.25) is 39.6 Å². The number of carbonyl (C=O) groups excluding carboxylic acids is 5. The highest BCUT2D eigenvalue weighted by Gasteiger charge is 2.24. The molecular weight excluding hydrogens is 742 g/mol. The highest BCUT2D eigenvalue weighted by atomic mass is 16.5. The maximum Gasteiger partial charge on any atom is 0.305 e. The van der Waals surface area contributed by atoms with E-state index in [0.29, 0.717) is 41.5 Å². The number of guanidine groups is 1. The third-order valence-corrected chi connectivity index (χ3v) is 7.30. The van der Waals surface area contributed by atoms with Crippen molar-refractivity contribution in [3.8, 4) is 5.75 Å². The molecule has 20 heteroatoms. The highest BCUT2D eigenvalue weighted by Crippen LogP contribution is 2.16. The molecule has 11 N–H and O–H groups in total. The Kier molecular flexibility index (Phi) is 18.4. The van der Waals surface area contributed by atoms with Crippen LogP contribution in [-0.4, -0.2) is 103 Å². The van der Waals surface area contributed by atoms with Crippen LogP contribution < -0.4 is 47.8 Å². The van der Waals surface area contributed by atoms with Crippen LogP contribution in [0.3, 0.4) is 0 Å². The zero-order valence-electron chi connectivity index (χ0n) is 31.5. The van der Waals surface area contributed by atoms with E-state index in [4.69, 9.17) is 20.6 Å². The second kappa shape index (κ2) is 23.6. The van der Waals surface area contributed by atoms with Crippen molar-refractivity contribution >= 4 is 64.4 Å². The van der Waals surface area contributed by atoms with E-state index in [-0.39, 0.29) is 56.1 Å². The van der Waals surface area contributed by atoms with E-state index in [0.717, 1.165) is 5.71 Å². The van der Waals surface area contributed by atoms with Crippen LogP contribution in [-0.2, 0) is 23.9 Å². The average Bonchev–Trinajstić information content (AvgIpc) is 3.17. The van der Waals surface area contributed by atoms with Crippen LogP contribution in [0.15, 0.2) is 72.0 Å². The Balaban J connectivity index is 1.28. The fourth-order valence-electron chi connectivity index (χ4n) is 4.60. The van der Waals surface area contributed by atoms with Gasteiger partial charge in [-0.2, -0.15) is 5.10 Å². The van der Waals surface area contributed by atoms with Crippen molar-refractivity contribution < 1.29 is 43.3 Å². The van der Waals surface area contributed by atoms with Crippen molar-refractivity contribution in [2.24, 2.45) is 10.8 Å². The summed E-state index contributed by atoms with van der Waals surface area (Å²) in [5.74, 6) is -3.35. The van der Waals surface area contributed by atoms with Crippen LogP contribution in [0.2, 0.25) is 0 Å². The van der Waals surface area contributed by atoms with Gasteiger partial charge in [0.15, 0.2) is 5.96 Å². The van der Waals surface area contributed by atoms with E-state index in [1.165, 1.54) is 30.5 Å². The van der Waals surface area contributed by atoms with Gasteiger partial charge in [0.2, 0.25) is 17.7 Å². The monoisotopic (exact) mass is 789 g/mol. The molecule has 0 aliphatic rings. The van der Waals surface area contributed by atoms with Crippen molar-refractivity contribution in [2.75, 3.05) is 55.5 Å². The first-order valence-corrected chi connectivity index (χ1v) is 17.7. The second-order valence-corrected chi connectivity index (χ2v) is 12.3. The Morgan fingerprint density at radius 3 is 2.28 bits per heavy atom. The van der Waals surface area contributed by atoms with Gasteiger partial charge in [0.1, 0.15) is 17.6 Å². The topological polar surface area (TPSA) is 300 Å². The summed E-state index contributed by atoms with van der Waals surface area (Å²) in [5.41, 5.74) is 10.2. The number of hydrazone groups is 1. The smallest absolute Gasteiger partial charge is 0.305 e. The number of ether oxygens (including phenoxy) is 2. The number of nitrogens with two attached hydrogens (primary N) is 1.